The zero-order valence-electron chi connectivity index (χ0n) is 19.1. The number of hydrogen-bond acceptors (Lipinski definition) is 4. The van der Waals surface area contributed by atoms with Crippen LogP contribution in [-0.4, -0.2) is 37.4 Å². The van der Waals surface area contributed by atoms with E-state index in [1.54, 1.807) is 48.6 Å². The molecule has 0 radical (unpaired) electrons. The Kier molecular flexibility index (Phi) is 6.77. The molecule has 0 N–H and O–H groups in total. The van der Waals surface area contributed by atoms with Crippen LogP contribution >= 0.6 is 22.9 Å². The van der Waals surface area contributed by atoms with E-state index in [9.17, 15) is 9.59 Å². The first kappa shape index (κ1) is 23.3. The Balaban J connectivity index is 1.88. The highest BCUT2D eigenvalue weighted by atomic mass is 35.5. The van der Waals surface area contributed by atoms with E-state index in [1.807, 2.05) is 46.7 Å². The fourth-order valence-electron chi connectivity index (χ4n) is 4.48. The standard InChI is InChI=1S/C26H27ClN2O3S/c1-16(2)15-29-24(22-10-7-13-33-22)23(18-8-5-6-9-19(18)25(29)30)26(31)28(3)20-14-17(27)11-12-21(20)32-4/h5-14,16,23-24H,15H2,1-4H3/t23-,24+/m0/s1. The van der Waals surface area contributed by atoms with E-state index in [0.29, 0.717) is 28.6 Å². The number of carbonyl (C=O) groups excluding carboxylic acids is 2. The molecule has 0 fully saturated rings. The van der Waals surface area contributed by atoms with Gasteiger partial charge in [-0.2, -0.15) is 0 Å². The lowest BCUT2D eigenvalue weighted by Gasteiger charge is -2.43. The molecule has 0 spiro atoms. The van der Waals surface area contributed by atoms with Gasteiger partial charge in [-0.25, -0.2) is 0 Å². The quantitative estimate of drug-likeness (QED) is 0.432. The van der Waals surface area contributed by atoms with Crippen LogP contribution in [0.15, 0.2) is 60.0 Å². The first-order valence-corrected chi connectivity index (χ1v) is 12.1. The first-order chi connectivity index (χ1) is 15.8. The summed E-state index contributed by atoms with van der Waals surface area (Å²) in [6, 6.07) is 16.2. The van der Waals surface area contributed by atoms with Gasteiger partial charge in [0.2, 0.25) is 5.91 Å². The molecule has 5 nitrogen and oxygen atoms in total. The molecule has 2 atom stereocenters. The molecule has 2 aromatic carbocycles. The highest BCUT2D eigenvalue weighted by Crippen LogP contribution is 2.46. The molecule has 0 unspecified atom stereocenters. The second-order valence-electron chi connectivity index (χ2n) is 8.59. The maximum atomic E-state index is 14.2. The number of likely N-dealkylation sites (N-methyl/N-ethyl adjacent to an activating group) is 1. The van der Waals surface area contributed by atoms with Crippen molar-refractivity contribution in [1.29, 1.82) is 0 Å². The van der Waals surface area contributed by atoms with Gasteiger partial charge in [-0.1, -0.05) is 49.7 Å². The van der Waals surface area contributed by atoms with Crippen LogP contribution in [0.4, 0.5) is 5.69 Å². The molecule has 7 heteroatoms. The number of halogens is 1. The van der Waals surface area contributed by atoms with Crippen LogP contribution in [-0.2, 0) is 4.79 Å². The molecule has 2 heterocycles. The van der Waals surface area contributed by atoms with E-state index in [2.05, 4.69) is 13.8 Å². The number of methoxy groups -OCH3 is 1. The van der Waals surface area contributed by atoms with Crippen molar-refractivity contribution in [2.45, 2.75) is 25.8 Å². The van der Waals surface area contributed by atoms with Crippen LogP contribution in [0.3, 0.4) is 0 Å². The minimum Gasteiger partial charge on any atom is -0.495 e. The maximum Gasteiger partial charge on any atom is 0.254 e. The van der Waals surface area contributed by atoms with Gasteiger partial charge in [0.25, 0.3) is 5.91 Å². The average molecular weight is 483 g/mol. The lowest BCUT2D eigenvalue weighted by Crippen LogP contribution is -2.48. The van der Waals surface area contributed by atoms with E-state index in [1.165, 1.54) is 0 Å². The molecule has 4 rings (SSSR count). The molecule has 1 aromatic heterocycles. The summed E-state index contributed by atoms with van der Waals surface area (Å²) < 4.78 is 5.50. The molecular weight excluding hydrogens is 456 g/mol. The second kappa shape index (κ2) is 9.57. The zero-order valence-corrected chi connectivity index (χ0v) is 20.7. The number of rotatable bonds is 6. The van der Waals surface area contributed by atoms with Gasteiger partial charge in [-0.15, -0.1) is 11.3 Å². The van der Waals surface area contributed by atoms with Gasteiger partial charge in [-0.05, 0) is 47.2 Å². The van der Waals surface area contributed by atoms with Gasteiger partial charge in [0.15, 0.2) is 0 Å². The molecule has 0 saturated carbocycles. The molecule has 1 aliphatic heterocycles. The summed E-state index contributed by atoms with van der Waals surface area (Å²) in [6.07, 6.45) is 0. The van der Waals surface area contributed by atoms with Gasteiger partial charge in [0, 0.05) is 29.1 Å². The SMILES string of the molecule is COc1ccc(Cl)cc1N(C)C(=O)[C@H]1c2ccccc2C(=O)N(CC(C)C)[C@@H]1c1cccs1. The van der Waals surface area contributed by atoms with Crippen molar-refractivity contribution in [2.24, 2.45) is 5.92 Å². The molecule has 0 saturated heterocycles. The van der Waals surface area contributed by atoms with Crippen LogP contribution in [0.25, 0.3) is 0 Å². The normalized spacial score (nSPS) is 17.8. The number of amides is 2. The summed E-state index contributed by atoms with van der Waals surface area (Å²) >= 11 is 7.82. The van der Waals surface area contributed by atoms with E-state index in [0.717, 1.165) is 10.4 Å². The second-order valence-corrected chi connectivity index (χ2v) is 10.0. The molecule has 33 heavy (non-hydrogen) atoms. The Bertz CT molecular complexity index is 1160. The summed E-state index contributed by atoms with van der Waals surface area (Å²) in [4.78, 5) is 32.2. The van der Waals surface area contributed by atoms with E-state index >= 15 is 0 Å². The van der Waals surface area contributed by atoms with E-state index < -0.39 is 12.0 Å². The monoisotopic (exact) mass is 482 g/mol. The largest absolute Gasteiger partial charge is 0.495 e. The minimum atomic E-state index is -0.565. The number of thiophene rings is 1. The summed E-state index contributed by atoms with van der Waals surface area (Å²) in [5.41, 5.74) is 1.92. The summed E-state index contributed by atoms with van der Waals surface area (Å²) in [5.74, 6) is 0.0858. The number of hydrogen-bond donors (Lipinski definition) is 0. The summed E-state index contributed by atoms with van der Waals surface area (Å²) in [7, 11) is 3.30. The van der Waals surface area contributed by atoms with Crippen LogP contribution in [0.5, 0.6) is 5.75 Å². The van der Waals surface area contributed by atoms with Crippen LogP contribution in [0.2, 0.25) is 5.02 Å². The topological polar surface area (TPSA) is 49.9 Å². The van der Waals surface area contributed by atoms with Crippen molar-refractivity contribution >= 4 is 40.4 Å². The highest BCUT2D eigenvalue weighted by molar-refractivity contribution is 7.10. The fourth-order valence-corrected chi connectivity index (χ4v) is 5.52. The Labute approximate surface area is 203 Å². The predicted octanol–water partition coefficient (Wildman–Crippen LogP) is 6.01. The van der Waals surface area contributed by atoms with Crippen LogP contribution in [0, 0.1) is 5.92 Å². The van der Waals surface area contributed by atoms with Crippen LogP contribution < -0.4 is 9.64 Å². The van der Waals surface area contributed by atoms with Crippen molar-refractivity contribution in [1.82, 2.24) is 4.90 Å². The average Bonchev–Trinajstić information content (AvgIpc) is 3.34. The third kappa shape index (κ3) is 4.37. The molecule has 2 amide bonds. The predicted molar refractivity (Wildman–Crippen MR) is 134 cm³/mol. The molecular formula is C26H27ClN2O3S. The Morgan fingerprint density at radius 3 is 2.61 bits per heavy atom. The van der Waals surface area contributed by atoms with Gasteiger partial charge in [0.05, 0.1) is 24.8 Å². The van der Waals surface area contributed by atoms with Gasteiger partial charge in [-0.3, -0.25) is 9.59 Å². The van der Waals surface area contributed by atoms with Crippen molar-refractivity contribution in [2.75, 3.05) is 25.6 Å². The highest BCUT2D eigenvalue weighted by Gasteiger charge is 2.45. The molecule has 1 aliphatic rings. The lowest BCUT2D eigenvalue weighted by atomic mass is 9.80. The number of fused-ring (bicyclic) bond motifs is 1. The van der Waals surface area contributed by atoms with Crippen molar-refractivity contribution in [3.8, 4) is 5.75 Å². The Morgan fingerprint density at radius 1 is 1.18 bits per heavy atom. The lowest BCUT2D eigenvalue weighted by molar-refractivity contribution is -0.121. The van der Waals surface area contributed by atoms with Gasteiger partial charge in [0.1, 0.15) is 5.75 Å². The minimum absolute atomic E-state index is 0.0373. The maximum absolute atomic E-state index is 14.2. The van der Waals surface area contributed by atoms with Gasteiger partial charge >= 0.3 is 0 Å². The summed E-state index contributed by atoms with van der Waals surface area (Å²) in [5, 5.41) is 2.50. The van der Waals surface area contributed by atoms with E-state index in [4.69, 9.17) is 16.3 Å². The number of carbonyl (C=O) groups is 2. The molecule has 3 aromatic rings. The third-order valence-corrected chi connectivity index (χ3v) is 7.11. The molecule has 0 aliphatic carbocycles. The Morgan fingerprint density at radius 2 is 1.94 bits per heavy atom. The zero-order chi connectivity index (χ0) is 23.7. The summed E-state index contributed by atoms with van der Waals surface area (Å²) in [6.45, 7) is 4.72. The first-order valence-electron chi connectivity index (χ1n) is 10.9. The number of ether oxygens (including phenoxy) is 1. The number of anilines is 1. The third-order valence-electron chi connectivity index (χ3n) is 5.93. The van der Waals surface area contributed by atoms with Crippen molar-refractivity contribution in [3.05, 3.63) is 81.0 Å². The van der Waals surface area contributed by atoms with Crippen molar-refractivity contribution < 1.29 is 14.3 Å². The smallest absolute Gasteiger partial charge is 0.254 e. The van der Waals surface area contributed by atoms with E-state index in [-0.39, 0.29) is 17.7 Å². The number of nitrogens with zero attached hydrogens (tertiary/aromatic N) is 2. The Hall–Kier alpha value is -2.83. The van der Waals surface area contributed by atoms with Crippen molar-refractivity contribution in [3.63, 3.8) is 0 Å². The van der Waals surface area contributed by atoms with Gasteiger partial charge < -0.3 is 14.5 Å². The number of benzene rings is 2. The fraction of sp³-hybridized carbons (Fsp3) is 0.308. The molecule has 0 bridgehead atoms. The van der Waals surface area contributed by atoms with Crippen LogP contribution in [0.1, 0.15) is 46.6 Å². The molecule has 172 valence electrons.